The van der Waals surface area contributed by atoms with Crippen LogP contribution in [0.1, 0.15) is 20.3 Å². The van der Waals surface area contributed by atoms with Gasteiger partial charge in [0.05, 0.1) is 0 Å². The zero-order valence-corrected chi connectivity index (χ0v) is 9.26. The van der Waals surface area contributed by atoms with E-state index in [0.717, 1.165) is 0 Å². The number of rotatable bonds is 6. The van der Waals surface area contributed by atoms with Crippen LogP contribution < -0.4 is 9.44 Å². The number of carboxylic acids is 1. The van der Waals surface area contributed by atoms with E-state index in [1.807, 2.05) is 4.72 Å². The van der Waals surface area contributed by atoms with Gasteiger partial charge in [0.2, 0.25) is 0 Å². The first kappa shape index (κ1) is 13.3. The average Bonchev–Trinajstić information content (AvgIpc) is 2.13. The van der Waals surface area contributed by atoms with E-state index in [1.54, 1.807) is 13.8 Å². The fourth-order valence-corrected chi connectivity index (χ4v) is 1.66. The first-order chi connectivity index (χ1) is 6.34. The molecule has 0 rings (SSSR count). The molecule has 0 aliphatic heterocycles. The third-order valence-corrected chi connectivity index (χ3v) is 3.13. The molecule has 2 atom stereocenters. The minimum Gasteiger partial charge on any atom is -0.480 e. The molecule has 0 heterocycles. The Balaban J connectivity index is 4.63. The second kappa shape index (κ2) is 5.28. The topological polar surface area (TPSA) is 95.5 Å². The quantitative estimate of drug-likeness (QED) is 0.569. The van der Waals surface area contributed by atoms with Crippen LogP contribution in [0.5, 0.6) is 0 Å². The lowest BCUT2D eigenvalue weighted by molar-refractivity contribution is -0.140. The average molecular weight is 224 g/mol. The van der Waals surface area contributed by atoms with Crippen molar-refractivity contribution in [2.45, 2.75) is 26.3 Å². The SMILES string of the molecule is CC[C@H](C)[C@H](NS(=O)(=O)NC)C(=O)O. The Bertz CT molecular complexity index is 288. The Morgan fingerprint density at radius 3 is 2.29 bits per heavy atom. The van der Waals surface area contributed by atoms with Crippen LogP contribution in [0.4, 0.5) is 0 Å². The predicted molar refractivity (Wildman–Crippen MR) is 52.0 cm³/mol. The van der Waals surface area contributed by atoms with Crippen molar-refractivity contribution in [3.8, 4) is 0 Å². The standard InChI is InChI=1S/C7H16N2O4S/c1-4-5(2)6(7(10)11)9-14(12,13)8-3/h5-6,8-9H,4H2,1-3H3,(H,10,11)/t5-,6-/m0/s1. The number of carbonyl (C=O) groups is 1. The Labute approximate surface area is 83.9 Å². The van der Waals surface area contributed by atoms with Crippen LogP contribution in [0, 0.1) is 5.92 Å². The number of nitrogens with one attached hydrogen (secondary N) is 2. The van der Waals surface area contributed by atoms with Crippen molar-refractivity contribution in [1.82, 2.24) is 9.44 Å². The molecule has 3 N–H and O–H groups in total. The highest BCUT2D eigenvalue weighted by Gasteiger charge is 2.27. The zero-order chi connectivity index (χ0) is 11.4. The lowest BCUT2D eigenvalue weighted by atomic mass is 10.0. The Hall–Kier alpha value is -0.660. The van der Waals surface area contributed by atoms with Crippen molar-refractivity contribution in [2.24, 2.45) is 5.92 Å². The molecule has 0 aliphatic rings. The maximum atomic E-state index is 11.0. The van der Waals surface area contributed by atoms with Crippen LogP contribution in [-0.4, -0.2) is 32.6 Å². The molecule has 0 saturated carbocycles. The van der Waals surface area contributed by atoms with Crippen LogP contribution in [0.15, 0.2) is 0 Å². The summed E-state index contributed by atoms with van der Waals surface area (Å²) >= 11 is 0. The molecule has 6 nitrogen and oxygen atoms in total. The van der Waals surface area contributed by atoms with E-state index in [9.17, 15) is 13.2 Å². The number of hydrogen-bond acceptors (Lipinski definition) is 3. The molecule has 84 valence electrons. The summed E-state index contributed by atoms with van der Waals surface area (Å²) in [6.07, 6.45) is 0.587. The molecule has 0 aromatic rings. The highest BCUT2D eigenvalue weighted by atomic mass is 32.2. The van der Waals surface area contributed by atoms with Crippen LogP contribution >= 0.6 is 0 Å². The zero-order valence-electron chi connectivity index (χ0n) is 8.44. The van der Waals surface area contributed by atoms with Crippen molar-refractivity contribution in [3.63, 3.8) is 0 Å². The highest BCUT2D eigenvalue weighted by Crippen LogP contribution is 2.08. The van der Waals surface area contributed by atoms with Crippen molar-refractivity contribution in [3.05, 3.63) is 0 Å². The van der Waals surface area contributed by atoms with Crippen molar-refractivity contribution < 1.29 is 18.3 Å². The summed E-state index contributed by atoms with van der Waals surface area (Å²) in [7, 11) is -2.48. The van der Waals surface area contributed by atoms with E-state index in [0.29, 0.717) is 6.42 Å². The van der Waals surface area contributed by atoms with E-state index < -0.39 is 22.2 Å². The molecule has 7 heteroatoms. The molecule has 0 aromatic heterocycles. The molecule has 0 fully saturated rings. The van der Waals surface area contributed by atoms with E-state index in [-0.39, 0.29) is 5.92 Å². The van der Waals surface area contributed by atoms with Gasteiger partial charge in [-0.15, -0.1) is 0 Å². The van der Waals surface area contributed by atoms with Gasteiger partial charge in [0.25, 0.3) is 10.2 Å². The van der Waals surface area contributed by atoms with Gasteiger partial charge in [0, 0.05) is 7.05 Å². The normalized spacial score (nSPS) is 16.2. The molecule has 0 aromatic carbocycles. The molecule has 0 aliphatic carbocycles. The molecule has 14 heavy (non-hydrogen) atoms. The van der Waals surface area contributed by atoms with Gasteiger partial charge in [-0.25, -0.2) is 4.72 Å². The monoisotopic (exact) mass is 224 g/mol. The first-order valence-corrected chi connectivity index (χ1v) is 5.76. The number of hydrogen-bond donors (Lipinski definition) is 3. The Morgan fingerprint density at radius 1 is 1.50 bits per heavy atom. The predicted octanol–water partition coefficient (Wildman–Crippen LogP) is -0.460. The van der Waals surface area contributed by atoms with E-state index in [2.05, 4.69) is 4.72 Å². The van der Waals surface area contributed by atoms with Gasteiger partial charge in [-0.1, -0.05) is 20.3 Å². The van der Waals surface area contributed by atoms with Gasteiger partial charge >= 0.3 is 5.97 Å². The smallest absolute Gasteiger partial charge is 0.322 e. The van der Waals surface area contributed by atoms with Gasteiger partial charge < -0.3 is 5.11 Å². The maximum Gasteiger partial charge on any atom is 0.322 e. The van der Waals surface area contributed by atoms with Crippen LogP contribution in [0.3, 0.4) is 0 Å². The highest BCUT2D eigenvalue weighted by molar-refractivity contribution is 7.87. The summed E-state index contributed by atoms with van der Waals surface area (Å²) in [6.45, 7) is 3.48. The first-order valence-electron chi connectivity index (χ1n) is 4.27. The van der Waals surface area contributed by atoms with Gasteiger partial charge in [0.1, 0.15) is 6.04 Å². The van der Waals surface area contributed by atoms with Gasteiger partial charge in [-0.05, 0) is 5.92 Å². The fourth-order valence-electron chi connectivity index (χ4n) is 0.872. The van der Waals surface area contributed by atoms with Crippen LogP contribution in [0.25, 0.3) is 0 Å². The van der Waals surface area contributed by atoms with Gasteiger partial charge in [0.15, 0.2) is 0 Å². The number of carboxylic acid groups (broad SMARTS) is 1. The van der Waals surface area contributed by atoms with Crippen molar-refractivity contribution >= 4 is 16.2 Å². The van der Waals surface area contributed by atoms with Crippen LogP contribution in [-0.2, 0) is 15.0 Å². The van der Waals surface area contributed by atoms with E-state index in [4.69, 9.17) is 5.11 Å². The van der Waals surface area contributed by atoms with Gasteiger partial charge in [-0.2, -0.15) is 13.1 Å². The summed E-state index contributed by atoms with van der Waals surface area (Å²) in [5.41, 5.74) is 0. The second-order valence-electron chi connectivity index (χ2n) is 3.03. The van der Waals surface area contributed by atoms with Crippen LogP contribution in [0.2, 0.25) is 0 Å². The van der Waals surface area contributed by atoms with Crippen molar-refractivity contribution in [2.75, 3.05) is 7.05 Å². The molecule has 0 amide bonds. The summed E-state index contributed by atoms with van der Waals surface area (Å²) in [5.74, 6) is -1.42. The molecular formula is C7H16N2O4S. The summed E-state index contributed by atoms with van der Waals surface area (Å²) < 4.78 is 26.2. The number of aliphatic carboxylic acids is 1. The maximum absolute atomic E-state index is 11.0. The summed E-state index contributed by atoms with van der Waals surface area (Å²) in [5, 5.41) is 8.78. The van der Waals surface area contributed by atoms with Crippen molar-refractivity contribution in [1.29, 1.82) is 0 Å². The lowest BCUT2D eigenvalue weighted by Crippen LogP contribution is -2.48. The fraction of sp³-hybridized carbons (Fsp3) is 0.857. The second-order valence-corrected chi connectivity index (χ2v) is 4.68. The molecule has 0 saturated heterocycles. The summed E-state index contributed by atoms with van der Waals surface area (Å²) in [6, 6.07) is -1.09. The van der Waals surface area contributed by atoms with E-state index in [1.165, 1.54) is 7.05 Å². The Morgan fingerprint density at radius 2 is 2.00 bits per heavy atom. The van der Waals surface area contributed by atoms with Gasteiger partial charge in [-0.3, -0.25) is 4.79 Å². The minimum absolute atomic E-state index is 0.254. The molecular weight excluding hydrogens is 208 g/mol. The minimum atomic E-state index is -3.70. The molecule has 0 bridgehead atoms. The third kappa shape index (κ3) is 4.03. The van der Waals surface area contributed by atoms with E-state index >= 15 is 0 Å². The molecule has 0 radical (unpaired) electrons. The molecule has 0 unspecified atom stereocenters. The lowest BCUT2D eigenvalue weighted by Gasteiger charge is -2.19. The molecule has 0 spiro atoms. The largest absolute Gasteiger partial charge is 0.480 e. The third-order valence-electron chi connectivity index (χ3n) is 2.03. The Kier molecular flexibility index (Phi) is 5.03. The summed E-state index contributed by atoms with van der Waals surface area (Å²) in [4.78, 5) is 10.7.